The molecule has 6 nitrogen and oxygen atoms in total. The van der Waals surface area contributed by atoms with Crippen molar-refractivity contribution in [1.82, 2.24) is 9.58 Å². The number of carbonyl (C=O) groups excluding carboxylic acids is 1. The molecule has 2 aliphatic heterocycles. The number of hydrogen-bond acceptors (Lipinski definition) is 4. The molecule has 0 radical (unpaired) electrons. The summed E-state index contributed by atoms with van der Waals surface area (Å²) in [5, 5.41) is 15.3. The van der Waals surface area contributed by atoms with Gasteiger partial charge in [-0.05, 0) is 85.3 Å². The Balaban J connectivity index is 1.51. The van der Waals surface area contributed by atoms with Crippen LogP contribution in [0.25, 0.3) is 11.8 Å². The van der Waals surface area contributed by atoms with E-state index in [4.69, 9.17) is 5.41 Å². The summed E-state index contributed by atoms with van der Waals surface area (Å²) in [6.07, 6.45) is 3.60. The molecule has 0 saturated carbocycles. The number of nitrogens with zero attached hydrogens (tertiary/aromatic N) is 4. The maximum Gasteiger partial charge on any atom is 0.283 e. The van der Waals surface area contributed by atoms with Crippen molar-refractivity contribution in [1.29, 1.82) is 5.41 Å². The maximum atomic E-state index is 13.2. The Morgan fingerprint density at radius 3 is 2.62 bits per heavy atom. The van der Waals surface area contributed by atoms with Crippen LogP contribution in [-0.4, -0.2) is 31.5 Å². The number of fused-ring (bicyclic) bond motifs is 1. The van der Waals surface area contributed by atoms with Gasteiger partial charge in [-0.3, -0.25) is 10.2 Å². The third-order valence-electron chi connectivity index (χ3n) is 5.45. The highest BCUT2D eigenvalue weighted by atomic mass is 32.2. The topological polar surface area (TPSA) is 73.8 Å². The van der Waals surface area contributed by atoms with Crippen LogP contribution >= 0.6 is 11.8 Å². The summed E-state index contributed by atoms with van der Waals surface area (Å²) >= 11 is 1.18. The van der Waals surface area contributed by atoms with Crippen LogP contribution in [0.5, 0.6) is 0 Å². The normalized spacial score (nSPS) is 17.0. The van der Waals surface area contributed by atoms with Gasteiger partial charge in [-0.2, -0.15) is 15.1 Å². The molecule has 0 saturated heterocycles. The number of benzene rings is 2. The zero-order valence-electron chi connectivity index (χ0n) is 17.3. The van der Waals surface area contributed by atoms with Crippen molar-refractivity contribution in [2.75, 3.05) is 0 Å². The summed E-state index contributed by atoms with van der Waals surface area (Å²) in [5.74, 6) is -0.872. The summed E-state index contributed by atoms with van der Waals surface area (Å²) in [6, 6.07) is 15.8. The molecule has 1 aromatic heterocycles. The minimum absolute atomic E-state index is 0.0432. The highest BCUT2D eigenvalue weighted by molar-refractivity contribution is 8.27. The smallest absolute Gasteiger partial charge is 0.283 e. The number of rotatable bonds is 3. The molecule has 5 rings (SSSR count). The van der Waals surface area contributed by atoms with Gasteiger partial charge >= 0.3 is 0 Å². The van der Waals surface area contributed by atoms with E-state index in [1.807, 2.05) is 35.0 Å². The maximum absolute atomic E-state index is 13.2. The SMILES string of the molecule is Cc1cccc(-n2cccc2/C=C2\C(=N)N3N=C(c4ccc(F)cc4)SC3=NC2=O)c1C. The zero-order valence-corrected chi connectivity index (χ0v) is 18.2. The number of halogens is 1. The van der Waals surface area contributed by atoms with Gasteiger partial charge in [0.2, 0.25) is 5.17 Å². The number of aromatic nitrogens is 1. The molecule has 1 amide bonds. The van der Waals surface area contributed by atoms with Gasteiger partial charge in [-0.1, -0.05) is 12.1 Å². The van der Waals surface area contributed by atoms with Crippen LogP contribution in [0.3, 0.4) is 0 Å². The molecule has 0 unspecified atom stereocenters. The van der Waals surface area contributed by atoms with Crippen LogP contribution in [-0.2, 0) is 4.79 Å². The lowest BCUT2D eigenvalue weighted by Gasteiger charge is -2.20. The van der Waals surface area contributed by atoms with E-state index >= 15 is 0 Å². The first-order valence-corrected chi connectivity index (χ1v) is 10.7. The second-order valence-corrected chi connectivity index (χ2v) is 8.41. The fourth-order valence-corrected chi connectivity index (χ4v) is 4.47. The number of nitrogens with one attached hydrogen (secondary N) is 1. The Bertz CT molecular complexity index is 1370. The summed E-state index contributed by atoms with van der Waals surface area (Å²) < 4.78 is 15.2. The van der Waals surface area contributed by atoms with E-state index in [0.29, 0.717) is 15.8 Å². The van der Waals surface area contributed by atoms with Gasteiger partial charge in [-0.15, -0.1) is 0 Å². The molecule has 2 aliphatic rings. The fourth-order valence-electron chi connectivity index (χ4n) is 3.58. The minimum atomic E-state index is -0.488. The predicted octanol–water partition coefficient (Wildman–Crippen LogP) is 4.90. The Morgan fingerprint density at radius 1 is 1.06 bits per heavy atom. The number of hydrogen-bond donors (Lipinski definition) is 1. The quantitative estimate of drug-likeness (QED) is 0.585. The van der Waals surface area contributed by atoms with Gasteiger partial charge in [0.15, 0.2) is 5.84 Å². The summed E-state index contributed by atoms with van der Waals surface area (Å²) in [4.78, 5) is 16.9. The van der Waals surface area contributed by atoms with E-state index in [-0.39, 0.29) is 17.2 Å². The average molecular weight is 444 g/mol. The highest BCUT2D eigenvalue weighted by Crippen LogP contribution is 2.31. The lowest BCUT2D eigenvalue weighted by molar-refractivity contribution is -0.114. The van der Waals surface area contributed by atoms with Gasteiger partial charge < -0.3 is 4.57 Å². The zero-order chi connectivity index (χ0) is 22.4. The molecule has 1 N–H and O–H groups in total. The largest absolute Gasteiger partial charge is 0.317 e. The molecular weight excluding hydrogens is 425 g/mol. The number of hydrazone groups is 1. The number of thioether (sulfide) groups is 1. The standard InChI is InChI=1S/C24H18FN5OS/c1-14-5-3-7-20(15(14)2)29-12-4-6-18(29)13-19-21(26)30-24(27-22(19)31)32-23(28-30)16-8-10-17(25)11-9-16/h3-13,26H,1-2H3/b19-13+,26-21?. The molecular formula is C24H18FN5OS. The number of aliphatic imine (C=N–C) groups is 1. The predicted molar refractivity (Wildman–Crippen MR) is 126 cm³/mol. The molecule has 158 valence electrons. The van der Waals surface area contributed by atoms with Crippen LogP contribution in [0.4, 0.5) is 4.39 Å². The van der Waals surface area contributed by atoms with Gasteiger partial charge in [0.05, 0.1) is 5.57 Å². The molecule has 3 aromatic rings. The monoisotopic (exact) mass is 443 g/mol. The molecule has 3 heterocycles. The average Bonchev–Trinajstić information content (AvgIpc) is 3.41. The first kappa shape index (κ1) is 20.1. The number of amides is 1. The third kappa shape index (κ3) is 3.38. The van der Waals surface area contributed by atoms with Crippen molar-refractivity contribution >= 4 is 39.8 Å². The number of amidine groups is 2. The van der Waals surface area contributed by atoms with E-state index in [0.717, 1.165) is 16.9 Å². The van der Waals surface area contributed by atoms with Crippen molar-refractivity contribution < 1.29 is 9.18 Å². The molecule has 0 spiro atoms. The van der Waals surface area contributed by atoms with Crippen LogP contribution in [0.1, 0.15) is 22.4 Å². The second-order valence-electron chi connectivity index (χ2n) is 7.45. The van der Waals surface area contributed by atoms with Crippen molar-refractivity contribution in [3.05, 3.63) is 94.6 Å². The van der Waals surface area contributed by atoms with E-state index in [2.05, 4.69) is 30.0 Å². The van der Waals surface area contributed by atoms with E-state index in [1.54, 1.807) is 18.2 Å². The minimum Gasteiger partial charge on any atom is -0.317 e. The molecule has 32 heavy (non-hydrogen) atoms. The Hall–Kier alpha value is -3.78. The highest BCUT2D eigenvalue weighted by Gasteiger charge is 2.36. The van der Waals surface area contributed by atoms with Crippen molar-refractivity contribution in [3.8, 4) is 5.69 Å². The lowest BCUT2D eigenvalue weighted by Crippen LogP contribution is -2.35. The van der Waals surface area contributed by atoms with E-state index < -0.39 is 5.91 Å². The molecule has 0 fully saturated rings. The third-order valence-corrected chi connectivity index (χ3v) is 6.41. The van der Waals surface area contributed by atoms with Crippen molar-refractivity contribution in [2.24, 2.45) is 10.1 Å². The first-order valence-electron chi connectivity index (χ1n) is 9.92. The summed E-state index contributed by atoms with van der Waals surface area (Å²) in [6.45, 7) is 4.11. The number of aryl methyl sites for hydroxylation is 1. The second kappa shape index (κ2) is 7.72. The Kier molecular flexibility index (Phi) is 4.86. The number of carbonyl (C=O) groups is 1. The van der Waals surface area contributed by atoms with Gasteiger partial charge in [0.25, 0.3) is 5.91 Å². The molecule has 0 atom stereocenters. The lowest BCUT2D eigenvalue weighted by atomic mass is 10.1. The van der Waals surface area contributed by atoms with Crippen LogP contribution in [0.2, 0.25) is 0 Å². The van der Waals surface area contributed by atoms with Crippen molar-refractivity contribution in [3.63, 3.8) is 0 Å². The summed E-state index contributed by atoms with van der Waals surface area (Å²) in [7, 11) is 0. The van der Waals surface area contributed by atoms with Crippen LogP contribution in [0, 0.1) is 25.1 Å². The Labute approximate surface area is 188 Å². The molecule has 8 heteroatoms. The van der Waals surface area contributed by atoms with Crippen LogP contribution in [0.15, 0.2) is 76.5 Å². The van der Waals surface area contributed by atoms with Crippen molar-refractivity contribution in [2.45, 2.75) is 13.8 Å². The van der Waals surface area contributed by atoms with Crippen LogP contribution < -0.4 is 0 Å². The fraction of sp³-hybridized carbons (Fsp3) is 0.0833. The van der Waals surface area contributed by atoms with Gasteiger partial charge in [0, 0.05) is 23.1 Å². The first-order chi connectivity index (χ1) is 15.4. The molecule has 0 aliphatic carbocycles. The molecule has 0 bridgehead atoms. The van der Waals surface area contributed by atoms with E-state index in [9.17, 15) is 9.18 Å². The van der Waals surface area contributed by atoms with E-state index in [1.165, 1.54) is 34.5 Å². The molecule has 2 aromatic carbocycles. The van der Waals surface area contributed by atoms with Gasteiger partial charge in [0.1, 0.15) is 10.9 Å². The van der Waals surface area contributed by atoms with Gasteiger partial charge in [-0.25, -0.2) is 4.39 Å². The Morgan fingerprint density at radius 2 is 1.84 bits per heavy atom. The summed E-state index contributed by atoms with van der Waals surface area (Å²) in [5.41, 5.74) is 4.93.